The van der Waals surface area contributed by atoms with Crippen molar-refractivity contribution in [2.45, 2.75) is 31.8 Å². The third kappa shape index (κ3) is 3.32. The highest BCUT2D eigenvalue weighted by atomic mass is 35.5. The summed E-state index contributed by atoms with van der Waals surface area (Å²) in [7, 11) is 0. The average Bonchev–Trinajstić information content (AvgIpc) is 2.28. The third-order valence-corrected chi connectivity index (χ3v) is 3.18. The van der Waals surface area contributed by atoms with Crippen LogP contribution in [0, 0.1) is 5.92 Å². The molecule has 4 nitrogen and oxygen atoms in total. The first-order valence-electron chi connectivity index (χ1n) is 5.63. The predicted molar refractivity (Wildman–Crippen MR) is 63.5 cm³/mol. The second-order valence-electron chi connectivity index (χ2n) is 4.28. The molecule has 1 aliphatic carbocycles. The fraction of sp³-hybridized carbons (Fsp3) is 0.636. The number of hydrogen-bond donors (Lipinski definition) is 2. The monoisotopic (exact) mass is 241 g/mol. The number of nitrogens with one attached hydrogen (secondary N) is 1. The number of halogens is 1. The normalized spacial score (nSPS) is 25.4. The van der Waals surface area contributed by atoms with Gasteiger partial charge in [0.25, 0.3) is 0 Å². The molecule has 0 atom stereocenters. The standard InChI is InChI=1S/C11H16ClN3O/c12-10-6-13-7-11(15-10)14-5-8-1-3-9(16)4-2-8/h6-9,16H,1-5H2,(H,14,15). The average molecular weight is 242 g/mol. The van der Waals surface area contributed by atoms with E-state index in [0.717, 1.165) is 38.0 Å². The molecule has 0 bridgehead atoms. The van der Waals surface area contributed by atoms with E-state index >= 15 is 0 Å². The van der Waals surface area contributed by atoms with Crippen molar-refractivity contribution in [2.75, 3.05) is 11.9 Å². The van der Waals surface area contributed by atoms with Crippen LogP contribution < -0.4 is 5.32 Å². The van der Waals surface area contributed by atoms with Gasteiger partial charge in [-0.2, -0.15) is 0 Å². The van der Waals surface area contributed by atoms with Gasteiger partial charge in [-0.3, -0.25) is 4.98 Å². The van der Waals surface area contributed by atoms with Crippen molar-refractivity contribution in [3.63, 3.8) is 0 Å². The van der Waals surface area contributed by atoms with E-state index in [4.69, 9.17) is 11.6 Å². The summed E-state index contributed by atoms with van der Waals surface area (Å²) in [5, 5.41) is 13.0. The van der Waals surface area contributed by atoms with Gasteiger partial charge in [0.1, 0.15) is 11.0 Å². The van der Waals surface area contributed by atoms with Crippen molar-refractivity contribution in [1.82, 2.24) is 9.97 Å². The fourth-order valence-electron chi connectivity index (χ4n) is 2.03. The third-order valence-electron chi connectivity index (χ3n) is 2.99. The van der Waals surface area contributed by atoms with Crippen LogP contribution in [-0.4, -0.2) is 27.7 Å². The zero-order valence-electron chi connectivity index (χ0n) is 9.06. The van der Waals surface area contributed by atoms with Crippen LogP contribution in [-0.2, 0) is 0 Å². The quantitative estimate of drug-likeness (QED) is 0.851. The van der Waals surface area contributed by atoms with E-state index in [1.807, 2.05) is 0 Å². The maximum atomic E-state index is 9.39. The lowest BCUT2D eigenvalue weighted by molar-refractivity contribution is 0.111. The van der Waals surface area contributed by atoms with Crippen LogP contribution in [0.15, 0.2) is 12.4 Å². The van der Waals surface area contributed by atoms with Crippen molar-refractivity contribution < 1.29 is 5.11 Å². The SMILES string of the molecule is OC1CCC(CNc2cncc(Cl)n2)CC1. The molecule has 0 amide bonds. The first-order chi connectivity index (χ1) is 7.74. The van der Waals surface area contributed by atoms with Crippen molar-refractivity contribution in [1.29, 1.82) is 0 Å². The second kappa shape index (κ2) is 5.46. The molecule has 0 saturated heterocycles. The first kappa shape index (κ1) is 11.6. The molecular formula is C11H16ClN3O. The molecule has 0 aromatic carbocycles. The summed E-state index contributed by atoms with van der Waals surface area (Å²) in [5.74, 6) is 1.34. The van der Waals surface area contributed by atoms with E-state index in [9.17, 15) is 5.11 Å². The van der Waals surface area contributed by atoms with Gasteiger partial charge in [0.2, 0.25) is 0 Å². The topological polar surface area (TPSA) is 58.0 Å². The van der Waals surface area contributed by atoms with E-state index in [-0.39, 0.29) is 6.10 Å². The molecule has 5 heteroatoms. The first-order valence-corrected chi connectivity index (χ1v) is 6.01. The molecule has 88 valence electrons. The molecule has 1 fully saturated rings. The Bertz CT molecular complexity index is 340. The molecule has 16 heavy (non-hydrogen) atoms. The van der Waals surface area contributed by atoms with Crippen LogP contribution in [0.5, 0.6) is 0 Å². The van der Waals surface area contributed by atoms with Crippen LogP contribution >= 0.6 is 11.6 Å². The number of rotatable bonds is 3. The van der Waals surface area contributed by atoms with Crippen LogP contribution in [0.2, 0.25) is 5.15 Å². The number of hydrogen-bond acceptors (Lipinski definition) is 4. The van der Waals surface area contributed by atoms with E-state index < -0.39 is 0 Å². The van der Waals surface area contributed by atoms with E-state index in [1.165, 1.54) is 6.20 Å². The molecule has 1 aromatic rings. The lowest BCUT2D eigenvalue weighted by Gasteiger charge is -2.25. The van der Waals surface area contributed by atoms with Gasteiger partial charge in [-0.25, -0.2) is 4.98 Å². The highest BCUT2D eigenvalue weighted by molar-refractivity contribution is 6.29. The minimum absolute atomic E-state index is 0.0952. The highest BCUT2D eigenvalue weighted by Gasteiger charge is 2.18. The van der Waals surface area contributed by atoms with Gasteiger partial charge in [-0.05, 0) is 31.6 Å². The molecule has 0 unspecified atom stereocenters. The Morgan fingerprint density at radius 1 is 1.31 bits per heavy atom. The van der Waals surface area contributed by atoms with Gasteiger partial charge in [0.15, 0.2) is 0 Å². The van der Waals surface area contributed by atoms with Gasteiger partial charge in [-0.15, -0.1) is 0 Å². The Balaban J connectivity index is 1.79. The minimum atomic E-state index is -0.0952. The zero-order chi connectivity index (χ0) is 11.4. The van der Waals surface area contributed by atoms with Crippen molar-refractivity contribution in [2.24, 2.45) is 5.92 Å². The molecule has 0 spiro atoms. The largest absolute Gasteiger partial charge is 0.393 e. The molecular weight excluding hydrogens is 226 g/mol. The molecule has 2 N–H and O–H groups in total. The Kier molecular flexibility index (Phi) is 3.96. The smallest absolute Gasteiger partial charge is 0.149 e. The van der Waals surface area contributed by atoms with E-state index in [2.05, 4.69) is 15.3 Å². The number of aliphatic hydroxyl groups excluding tert-OH is 1. The lowest BCUT2D eigenvalue weighted by Crippen LogP contribution is -2.23. The molecule has 1 heterocycles. The second-order valence-corrected chi connectivity index (χ2v) is 4.67. The lowest BCUT2D eigenvalue weighted by atomic mass is 9.87. The zero-order valence-corrected chi connectivity index (χ0v) is 9.82. The van der Waals surface area contributed by atoms with Crippen molar-refractivity contribution in [3.05, 3.63) is 17.5 Å². The number of aromatic nitrogens is 2. The van der Waals surface area contributed by atoms with Gasteiger partial charge in [0, 0.05) is 6.54 Å². The summed E-state index contributed by atoms with van der Waals surface area (Å²) < 4.78 is 0. The maximum Gasteiger partial charge on any atom is 0.149 e. The Morgan fingerprint density at radius 3 is 2.75 bits per heavy atom. The summed E-state index contributed by atoms with van der Waals surface area (Å²) in [6.45, 7) is 0.877. The van der Waals surface area contributed by atoms with Crippen LogP contribution in [0.25, 0.3) is 0 Å². The predicted octanol–water partition coefficient (Wildman–Crippen LogP) is 2.09. The minimum Gasteiger partial charge on any atom is -0.393 e. The van der Waals surface area contributed by atoms with Crippen LogP contribution in [0.3, 0.4) is 0 Å². The van der Waals surface area contributed by atoms with Crippen molar-refractivity contribution >= 4 is 17.4 Å². The fourth-order valence-corrected chi connectivity index (χ4v) is 2.17. The van der Waals surface area contributed by atoms with Gasteiger partial charge < -0.3 is 10.4 Å². The molecule has 2 rings (SSSR count). The molecule has 1 aromatic heterocycles. The molecule has 0 radical (unpaired) electrons. The Morgan fingerprint density at radius 2 is 2.06 bits per heavy atom. The summed E-state index contributed by atoms with van der Waals surface area (Å²) in [6.07, 6.45) is 7.06. The summed E-state index contributed by atoms with van der Waals surface area (Å²) in [6, 6.07) is 0. The number of nitrogens with zero attached hydrogens (tertiary/aromatic N) is 2. The van der Waals surface area contributed by atoms with E-state index in [0.29, 0.717) is 11.1 Å². The molecule has 1 aliphatic rings. The summed E-state index contributed by atoms with van der Waals surface area (Å²) >= 11 is 5.74. The summed E-state index contributed by atoms with van der Waals surface area (Å²) in [5.41, 5.74) is 0. The Labute approximate surface area is 100 Å². The number of aliphatic hydroxyl groups is 1. The van der Waals surface area contributed by atoms with Crippen molar-refractivity contribution in [3.8, 4) is 0 Å². The highest BCUT2D eigenvalue weighted by Crippen LogP contribution is 2.24. The molecule has 0 aliphatic heterocycles. The van der Waals surface area contributed by atoms with Gasteiger partial charge in [0.05, 0.1) is 18.5 Å². The van der Waals surface area contributed by atoms with Crippen LogP contribution in [0.1, 0.15) is 25.7 Å². The van der Waals surface area contributed by atoms with Gasteiger partial charge >= 0.3 is 0 Å². The van der Waals surface area contributed by atoms with Crippen LogP contribution in [0.4, 0.5) is 5.82 Å². The van der Waals surface area contributed by atoms with E-state index in [1.54, 1.807) is 6.20 Å². The summed E-state index contributed by atoms with van der Waals surface area (Å²) in [4.78, 5) is 8.08. The maximum absolute atomic E-state index is 9.39. The van der Waals surface area contributed by atoms with Gasteiger partial charge in [-0.1, -0.05) is 11.6 Å². The Hall–Kier alpha value is -0.870. The molecule has 1 saturated carbocycles. The number of anilines is 1.